The number of fused-ring (bicyclic) bond motifs is 2. The van der Waals surface area contributed by atoms with Crippen molar-refractivity contribution < 1.29 is 91.4 Å². The number of aromatic nitrogens is 1. The number of thioether (sulfide) groups is 1. The van der Waals surface area contributed by atoms with E-state index in [1.165, 1.54) is 13.8 Å². The molecule has 0 spiro atoms. The highest BCUT2D eigenvalue weighted by atomic mass is 32.2. The minimum absolute atomic E-state index is 0.120. The minimum Gasteiger partial charge on any atom is -0.492 e. The van der Waals surface area contributed by atoms with Crippen molar-refractivity contribution in [2.24, 2.45) is 34.4 Å². The molecular formula is C79H110N20O19S. The zero-order chi connectivity index (χ0) is 87.5. The molecular weight excluding hydrogens is 1570 g/mol. The molecule has 1 saturated heterocycles. The zero-order valence-electron chi connectivity index (χ0n) is 66.9. The summed E-state index contributed by atoms with van der Waals surface area (Å²) < 4.78 is 5.73. The number of nitrogens with one attached hydrogen (secondary N) is 14. The average Bonchev–Trinajstić information content (AvgIpc) is 1.80. The summed E-state index contributed by atoms with van der Waals surface area (Å²) in [7, 11) is 0. The number of hydrogen-bond donors (Lipinski definition) is 21. The molecule has 39 nitrogen and oxygen atoms in total. The Hall–Kier alpha value is -12.3. The first-order chi connectivity index (χ1) is 56.5. The van der Waals surface area contributed by atoms with Gasteiger partial charge in [-0.2, -0.15) is 11.8 Å². The van der Waals surface area contributed by atoms with Gasteiger partial charge in [-0.05, 0) is 130 Å². The van der Waals surface area contributed by atoms with Gasteiger partial charge < -0.3 is 118 Å². The van der Waals surface area contributed by atoms with Crippen LogP contribution in [0.15, 0.2) is 97.2 Å². The van der Waals surface area contributed by atoms with Crippen LogP contribution in [0, 0.1) is 0 Å². The van der Waals surface area contributed by atoms with Crippen molar-refractivity contribution >= 4 is 134 Å². The maximum atomic E-state index is 15.8. The number of rotatable bonds is 41. The van der Waals surface area contributed by atoms with Gasteiger partial charge in [0.1, 0.15) is 77.8 Å². The predicted molar refractivity (Wildman–Crippen MR) is 438 cm³/mol. The second kappa shape index (κ2) is 47.2. The molecule has 1 fully saturated rings. The normalized spacial score (nSPS) is 19.1. The van der Waals surface area contributed by atoms with Gasteiger partial charge in [-0.25, -0.2) is 0 Å². The van der Waals surface area contributed by atoms with Crippen molar-refractivity contribution in [3.8, 4) is 5.75 Å². The molecule has 6 rings (SSSR count). The quantitative estimate of drug-likeness (QED) is 0.0164. The molecule has 0 bridgehead atoms. The van der Waals surface area contributed by atoms with Crippen molar-refractivity contribution in [2.75, 3.05) is 50.9 Å². The fourth-order valence-corrected chi connectivity index (χ4v) is 13.9. The van der Waals surface area contributed by atoms with E-state index >= 15 is 28.8 Å². The number of hydrogen-bond acceptors (Lipinski definition) is 22. The highest BCUT2D eigenvalue weighted by Gasteiger charge is 2.43. The number of primary amides is 4. The van der Waals surface area contributed by atoms with Crippen LogP contribution in [0.1, 0.15) is 121 Å². The first kappa shape index (κ1) is 95.5. The highest BCUT2D eigenvalue weighted by molar-refractivity contribution is 7.99. The smallest absolute Gasteiger partial charge is 0.248 e. The topological polar surface area (TPSA) is 648 Å². The van der Waals surface area contributed by atoms with Crippen LogP contribution < -0.4 is 108 Å². The Balaban J connectivity index is 1.47. The molecule has 646 valence electrons. The van der Waals surface area contributed by atoms with Gasteiger partial charge in [0.25, 0.3) is 0 Å². The molecule has 1 aliphatic heterocycles. The zero-order valence-corrected chi connectivity index (χ0v) is 67.7. The average molecular weight is 1680 g/mol. The van der Waals surface area contributed by atoms with Crippen LogP contribution in [0.5, 0.6) is 5.75 Å². The molecule has 2 heterocycles. The van der Waals surface area contributed by atoms with Gasteiger partial charge in [0, 0.05) is 81.9 Å². The Labute approximate surface area is 690 Å². The number of ether oxygens (including phenoxy) is 1. The van der Waals surface area contributed by atoms with Crippen molar-refractivity contribution in [1.29, 1.82) is 0 Å². The predicted octanol–water partition coefficient (Wildman–Crippen LogP) is -4.61. The molecule has 1 aliphatic rings. The van der Waals surface area contributed by atoms with E-state index in [2.05, 4.69) is 74.1 Å². The molecule has 40 heteroatoms. The Morgan fingerprint density at radius 1 is 0.613 bits per heavy atom. The molecule has 0 aliphatic carbocycles. The van der Waals surface area contributed by atoms with Crippen LogP contribution in [-0.4, -0.2) is 227 Å². The van der Waals surface area contributed by atoms with Gasteiger partial charge in [-0.3, -0.25) is 81.5 Å². The lowest BCUT2D eigenvalue weighted by atomic mass is 9.91. The van der Waals surface area contributed by atoms with Crippen LogP contribution in [0.3, 0.4) is 0 Å². The third-order valence-corrected chi connectivity index (χ3v) is 20.5. The number of aromatic amines is 1. The number of benzene rings is 4. The van der Waals surface area contributed by atoms with Crippen LogP contribution in [0.2, 0.25) is 0 Å². The summed E-state index contributed by atoms with van der Waals surface area (Å²) in [5, 5.41) is 46.6. The van der Waals surface area contributed by atoms with E-state index in [-0.39, 0.29) is 95.7 Å². The second-order valence-corrected chi connectivity index (χ2v) is 30.5. The Morgan fingerprint density at radius 3 is 1.88 bits per heavy atom. The molecule has 27 N–H and O–H groups in total. The van der Waals surface area contributed by atoms with E-state index in [1.54, 1.807) is 79.0 Å². The van der Waals surface area contributed by atoms with Gasteiger partial charge in [0.15, 0.2) is 0 Å². The van der Waals surface area contributed by atoms with Gasteiger partial charge in [0.2, 0.25) is 100 Å². The minimum atomic E-state index is -2.32. The fraction of sp³-hybridized carbons (Fsp3) is 0.481. The van der Waals surface area contributed by atoms with E-state index < -0.39 is 211 Å². The van der Waals surface area contributed by atoms with Crippen molar-refractivity contribution in [2.45, 2.75) is 189 Å². The summed E-state index contributed by atoms with van der Waals surface area (Å²) >= 11 is 0.928. The summed E-state index contributed by atoms with van der Waals surface area (Å²) in [5.74, 6) is -16.7. The molecule has 11 atom stereocenters. The van der Waals surface area contributed by atoms with Crippen LogP contribution in [-0.2, 0) is 101 Å². The summed E-state index contributed by atoms with van der Waals surface area (Å²) in [4.78, 5) is 240. The number of H-pyrrole nitrogens is 1. The highest BCUT2D eigenvalue weighted by Crippen LogP contribution is 2.24. The first-order valence-electron chi connectivity index (χ1n) is 38.9. The third-order valence-electron chi connectivity index (χ3n) is 19.4. The van der Waals surface area contributed by atoms with E-state index in [1.807, 2.05) is 18.2 Å². The Kier molecular flexibility index (Phi) is 37.9. The number of carbonyl (C=O) groups is 17. The lowest BCUT2D eigenvalue weighted by Crippen LogP contribution is -2.66. The Morgan fingerprint density at radius 2 is 1.24 bits per heavy atom. The number of para-hydroxylation sites is 1. The van der Waals surface area contributed by atoms with E-state index in [0.717, 1.165) is 31.0 Å². The molecule has 119 heavy (non-hydrogen) atoms. The van der Waals surface area contributed by atoms with Gasteiger partial charge in [0.05, 0.1) is 19.6 Å². The number of unbranched alkanes of at least 4 members (excludes halogenated alkanes) is 2. The molecule has 0 radical (unpaired) electrons. The lowest BCUT2D eigenvalue weighted by molar-refractivity contribution is -0.139. The van der Waals surface area contributed by atoms with Crippen LogP contribution >= 0.6 is 11.8 Å². The molecule has 1 aromatic heterocycles. The molecule has 0 saturated carbocycles. The van der Waals surface area contributed by atoms with Crippen LogP contribution in [0.4, 0.5) is 0 Å². The van der Waals surface area contributed by atoms with Crippen molar-refractivity contribution in [1.82, 2.24) is 74.1 Å². The summed E-state index contributed by atoms with van der Waals surface area (Å²) in [5.41, 5.74) is 31.1. The number of amides is 17. The van der Waals surface area contributed by atoms with Crippen molar-refractivity contribution in [3.05, 3.63) is 114 Å². The SMILES string of the molecule is CC(=O)NCCCC[C@H](NC(=O)[C@](C)(CCCCN)NC(=O)[C@H](Cc1ccc2ccccc2c1)NC(=O)[C@H](Cc1ccc(OCCN)cc1)NC(=O)[C@@H]1CSCC[C@H](NC(C)=O)C(=O)N[C@@H](CCC(N)=O)C(=O)N[C@@](C)(CO)C(=O)N[C@@H](Cc2c[nH]c3ccccc23)C(=O)N[C@@H](CCC(N)=O)C(=O)N1)C(=O)N[C@@H](CC(N)=O)C(=O)NCC(N)=O. The largest absolute Gasteiger partial charge is 0.492 e. The maximum absolute atomic E-state index is 15.8. The van der Waals surface area contributed by atoms with Gasteiger partial charge >= 0.3 is 0 Å². The van der Waals surface area contributed by atoms with Crippen LogP contribution in [0.25, 0.3) is 21.7 Å². The molecule has 0 unspecified atom stereocenters. The summed E-state index contributed by atoms with van der Waals surface area (Å²) in [6.45, 7) is 3.60. The first-order valence-corrected chi connectivity index (χ1v) is 40.0. The number of aliphatic hydroxyl groups excluding tert-OH is 1. The number of nitrogens with two attached hydrogens (primary N) is 6. The van der Waals surface area contributed by atoms with E-state index in [9.17, 15) is 57.8 Å². The molecule has 5 aromatic rings. The Bertz CT molecular complexity index is 4450. The van der Waals surface area contributed by atoms with Crippen molar-refractivity contribution in [3.63, 3.8) is 0 Å². The molecule has 17 amide bonds. The standard InChI is InChI=1S/C79H110N20O19S/c1-44(101)86-32-12-9-17-54(68(108)94-61(39-65(84)105)67(107)88-41-66(85)106)96-76(116)78(3,29-10-11-30-80)98-75(115)59(37-47-18-21-48-13-5-6-14-49(48)35-47)93-71(111)58(36-46-19-22-51(23-20-46)118-33-31-81)92-73(113)62-42-119-34-28-57(89-45(2)102)70(110)91-56(25-27-64(83)104)74(114)99-79(4,43-100)77(117)97-60(38-50-40-87-53-16-8-7-15-52(50)53)72(112)90-55(69(109)95-62)24-26-63(82)103/h5-8,13-16,18-23,35,40,54-62,87,100H,9-12,17,24-34,36-39,41-43,80-81H2,1-4H3,(H2,82,103)(H2,83,104)(H2,84,105)(H2,85,106)(H,86,101)(H,88,107)(H,89,102)(H,90,112)(H,91,110)(H,92,113)(H,93,111)(H,94,108)(H,95,109)(H,96,116)(H,97,117)(H,98,115)(H,99,114)/t54-,55-,56-,57-,58-,59-,60-,61-,62-,78-,79-/m0/s1. The van der Waals surface area contributed by atoms with Gasteiger partial charge in [-0.1, -0.05) is 72.8 Å². The van der Waals surface area contributed by atoms with E-state index in [4.69, 9.17) is 39.1 Å². The van der Waals surface area contributed by atoms with Gasteiger partial charge in [-0.15, -0.1) is 0 Å². The number of aliphatic hydroxyl groups is 1. The fourth-order valence-electron chi connectivity index (χ4n) is 12.8. The lowest BCUT2D eigenvalue weighted by Gasteiger charge is -2.34. The monoisotopic (exact) mass is 1670 g/mol. The number of carbonyl (C=O) groups excluding carboxylic acids is 17. The summed E-state index contributed by atoms with van der Waals surface area (Å²) in [6, 6.07) is 10.7. The molecule has 4 aromatic carbocycles. The summed E-state index contributed by atoms with van der Waals surface area (Å²) in [6.07, 6.45) is -1.97. The second-order valence-electron chi connectivity index (χ2n) is 29.4. The maximum Gasteiger partial charge on any atom is 0.248 e. The van der Waals surface area contributed by atoms with E-state index in [0.29, 0.717) is 45.1 Å². The third kappa shape index (κ3) is 31.3.